The lowest BCUT2D eigenvalue weighted by Crippen LogP contribution is -2.51. The van der Waals surface area contributed by atoms with Crippen molar-refractivity contribution in [2.75, 3.05) is 46.5 Å². The summed E-state index contributed by atoms with van der Waals surface area (Å²) in [5, 5.41) is 2.79. The number of hydrogen-bond acceptors (Lipinski definition) is 5. The number of methoxy groups -OCH3 is 1. The van der Waals surface area contributed by atoms with Crippen LogP contribution in [0.4, 0.5) is 4.79 Å². The Kier molecular flexibility index (Phi) is 9.14. The Hall–Kier alpha value is -1.83. The van der Waals surface area contributed by atoms with Gasteiger partial charge in [-0.15, -0.1) is 0 Å². The number of nitrogens with one attached hydrogen (secondary N) is 1. The number of nitrogens with zero attached hydrogens (tertiary/aromatic N) is 2. The summed E-state index contributed by atoms with van der Waals surface area (Å²) in [7, 11) is 1.61. The van der Waals surface area contributed by atoms with Crippen LogP contribution in [0.5, 0.6) is 0 Å². The van der Waals surface area contributed by atoms with Gasteiger partial charge in [0.2, 0.25) is 11.8 Å². The van der Waals surface area contributed by atoms with Crippen molar-refractivity contribution in [2.24, 2.45) is 0 Å². The highest BCUT2D eigenvalue weighted by Crippen LogP contribution is 2.17. The molecule has 1 saturated heterocycles. The van der Waals surface area contributed by atoms with Gasteiger partial charge in [0.15, 0.2) is 0 Å². The minimum Gasteiger partial charge on any atom is -0.450 e. The van der Waals surface area contributed by atoms with Crippen LogP contribution in [0.15, 0.2) is 0 Å². The quantitative estimate of drug-likeness (QED) is 0.652. The molecule has 0 spiro atoms. The number of carbonyl (C=O) groups excluding carboxylic acids is 3. The van der Waals surface area contributed by atoms with Crippen LogP contribution in [0, 0.1) is 0 Å². The second-order valence-corrected chi connectivity index (χ2v) is 5.76. The third kappa shape index (κ3) is 6.74. The highest BCUT2D eigenvalue weighted by Gasteiger charge is 2.29. The molecule has 0 aromatic heterocycles. The molecule has 0 aromatic rings. The summed E-state index contributed by atoms with van der Waals surface area (Å²) in [6.45, 7) is 5.81. The maximum absolute atomic E-state index is 12.0. The summed E-state index contributed by atoms with van der Waals surface area (Å²) in [5.74, 6) is -0.300. The first-order valence-corrected chi connectivity index (χ1v) is 8.44. The molecule has 8 heteroatoms. The van der Waals surface area contributed by atoms with Gasteiger partial charge in [-0.1, -0.05) is 0 Å². The van der Waals surface area contributed by atoms with Crippen LogP contribution in [-0.2, 0) is 19.1 Å². The molecule has 24 heavy (non-hydrogen) atoms. The van der Waals surface area contributed by atoms with E-state index in [1.807, 2.05) is 0 Å². The molecule has 0 aromatic carbocycles. The van der Waals surface area contributed by atoms with Crippen molar-refractivity contribution >= 4 is 17.9 Å². The van der Waals surface area contributed by atoms with Gasteiger partial charge in [0, 0.05) is 46.3 Å². The zero-order chi connectivity index (χ0) is 17.9. The number of piperidine rings is 1. The number of amides is 3. The molecule has 8 nitrogen and oxygen atoms in total. The van der Waals surface area contributed by atoms with Crippen LogP contribution >= 0.6 is 0 Å². The van der Waals surface area contributed by atoms with E-state index in [1.54, 1.807) is 23.8 Å². The molecule has 1 aliphatic heterocycles. The van der Waals surface area contributed by atoms with Crippen molar-refractivity contribution in [1.82, 2.24) is 15.1 Å². The Morgan fingerprint density at radius 3 is 2.46 bits per heavy atom. The molecule has 138 valence electrons. The lowest BCUT2D eigenvalue weighted by Gasteiger charge is -2.37. The van der Waals surface area contributed by atoms with Gasteiger partial charge in [-0.3, -0.25) is 9.59 Å². The molecular formula is C16H29N3O5. The summed E-state index contributed by atoms with van der Waals surface area (Å²) in [5.41, 5.74) is 0. The maximum atomic E-state index is 12.0. The second kappa shape index (κ2) is 10.9. The van der Waals surface area contributed by atoms with Gasteiger partial charge in [0.25, 0.3) is 0 Å². The van der Waals surface area contributed by atoms with E-state index in [2.05, 4.69) is 5.32 Å². The molecule has 1 rings (SSSR count). The predicted octanol–water partition coefficient (Wildman–Crippen LogP) is 0.609. The van der Waals surface area contributed by atoms with Gasteiger partial charge in [-0.05, 0) is 26.2 Å². The molecule has 0 radical (unpaired) electrons. The largest absolute Gasteiger partial charge is 0.450 e. The average molecular weight is 343 g/mol. The number of carbonyl (C=O) groups is 3. The van der Waals surface area contributed by atoms with Crippen LogP contribution in [-0.4, -0.2) is 80.3 Å². The number of ether oxygens (including phenoxy) is 2. The zero-order valence-electron chi connectivity index (χ0n) is 14.9. The fourth-order valence-corrected chi connectivity index (χ4v) is 2.73. The Morgan fingerprint density at radius 2 is 1.92 bits per heavy atom. The Morgan fingerprint density at radius 1 is 1.25 bits per heavy atom. The molecule has 1 N–H and O–H groups in total. The summed E-state index contributed by atoms with van der Waals surface area (Å²) >= 11 is 0. The topological polar surface area (TPSA) is 88.2 Å². The SMILES string of the molecule is CCOC(=O)N1CCC(N(CC(=O)NCCCOC)C(C)=O)CC1. The van der Waals surface area contributed by atoms with E-state index in [0.717, 1.165) is 6.42 Å². The molecule has 1 heterocycles. The lowest BCUT2D eigenvalue weighted by atomic mass is 10.0. The number of hydrogen-bond donors (Lipinski definition) is 1. The Balaban J connectivity index is 2.44. The zero-order valence-corrected chi connectivity index (χ0v) is 14.9. The van der Waals surface area contributed by atoms with Crippen molar-refractivity contribution in [3.63, 3.8) is 0 Å². The van der Waals surface area contributed by atoms with Crippen molar-refractivity contribution in [2.45, 2.75) is 39.2 Å². The van der Waals surface area contributed by atoms with Gasteiger partial charge in [0.05, 0.1) is 13.2 Å². The van der Waals surface area contributed by atoms with E-state index in [9.17, 15) is 14.4 Å². The Labute approximate surface area is 143 Å². The highest BCUT2D eigenvalue weighted by atomic mass is 16.6. The van der Waals surface area contributed by atoms with Crippen molar-refractivity contribution < 1.29 is 23.9 Å². The molecule has 1 fully saturated rings. The number of likely N-dealkylation sites (tertiary alicyclic amines) is 1. The van der Waals surface area contributed by atoms with E-state index < -0.39 is 0 Å². The average Bonchev–Trinajstić information content (AvgIpc) is 2.57. The normalized spacial score (nSPS) is 15.0. The standard InChI is InChI=1S/C16H29N3O5/c1-4-24-16(22)18-9-6-14(7-10-18)19(13(2)20)12-15(21)17-8-5-11-23-3/h14H,4-12H2,1-3H3,(H,17,21). The third-order valence-corrected chi connectivity index (χ3v) is 4.00. The first kappa shape index (κ1) is 20.2. The summed E-state index contributed by atoms with van der Waals surface area (Å²) in [4.78, 5) is 38.8. The van der Waals surface area contributed by atoms with E-state index in [-0.39, 0.29) is 30.5 Å². The number of rotatable bonds is 8. The first-order chi connectivity index (χ1) is 11.5. The van der Waals surface area contributed by atoms with Gasteiger partial charge >= 0.3 is 6.09 Å². The van der Waals surface area contributed by atoms with Gasteiger partial charge in [0.1, 0.15) is 0 Å². The first-order valence-electron chi connectivity index (χ1n) is 8.44. The van der Waals surface area contributed by atoms with Crippen molar-refractivity contribution in [3.8, 4) is 0 Å². The van der Waals surface area contributed by atoms with Gasteiger partial charge < -0.3 is 24.6 Å². The Bertz CT molecular complexity index is 422. The summed E-state index contributed by atoms with van der Waals surface area (Å²) in [6, 6.07) is -0.0297. The van der Waals surface area contributed by atoms with E-state index in [1.165, 1.54) is 6.92 Å². The van der Waals surface area contributed by atoms with Crippen molar-refractivity contribution in [1.29, 1.82) is 0 Å². The lowest BCUT2D eigenvalue weighted by molar-refractivity contribution is -0.137. The van der Waals surface area contributed by atoms with Crippen LogP contribution in [0.25, 0.3) is 0 Å². The molecule has 0 atom stereocenters. The van der Waals surface area contributed by atoms with Crippen LogP contribution < -0.4 is 5.32 Å². The molecule has 1 aliphatic rings. The molecule has 0 saturated carbocycles. The van der Waals surface area contributed by atoms with E-state index in [0.29, 0.717) is 45.7 Å². The van der Waals surface area contributed by atoms with E-state index >= 15 is 0 Å². The molecular weight excluding hydrogens is 314 g/mol. The van der Waals surface area contributed by atoms with Crippen LogP contribution in [0.3, 0.4) is 0 Å². The smallest absolute Gasteiger partial charge is 0.409 e. The van der Waals surface area contributed by atoms with Crippen LogP contribution in [0.2, 0.25) is 0 Å². The predicted molar refractivity (Wildman–Crippen MR) is 88.5 cm³/mol. The minimum atomic E-state index is -0.318. The van der Waals surface area contributed by atoms with Gasteiger partial charge in [-0.2, -0.15) is 0 Å². The van der Waals surface area contributed by atoms with Crippen molar-refractivity contribution in [3.05, 3.63) is 0 Å². The minimum absolute atomic E-state index is 0.0297. The van der Waals surface area contributed by atoms with E-state index in [4.69, 9.17) is 9.47 Å². The monoisotopic (exact) mass is 343 g/mol. The maximum Gasteiger partial charge on any atom is 0.409 e. The van der Waals surface area contributed by atoms with Crippen LogP contribution in [0.1, 0.15) is 33.1 Å². The second-order valence-electron chi connectivity index (χ2n) is 5.76. The highest BCUT2D eigenvalue weighted by molar-refractivity contribution is 5.84. The third-order valence-electron chi connectivity index (χ3n) is 4.00. The molecule has 0 aliphatic carbocycles. The molecule has 3 amide bonds. The fraction of sp³-hybridized carbons (Fsp3) is 0.812. The molecule has 0 unspecified atom stereocenters. The fourth-order valence-electron chi connectivity index (χ4n) is 2.73. The van der Waals surface area contributed by atoms with Gasteiger partial charge in [-0.25, -0.2) is 4.79 Å². The molecule has 0 bridgehead atoms. The summed E-state index contributed by atoms with van der Waals surface area (Å²) < 4.78 is 9.91. The summed E-state index contributed by atoms with van der Waals surface area (Å²) in [6.07, 6.45) is 1.71.